The van der Waals surface area contributed by atoms with Gasteiger partial charge < -0.3 is 61.0 Å². The van der Waals surface area contributed by atoms with Crippen LogP contribution in [0.4, 0.5) is 41.9 Å². The van der Waals surface area contributed by atoms with Crippen LogP contribution in [0.3, 0.4) is 0 Å². The molecule has 0 spiro atoms. The first-order chi connectivity index (χ1) is 65.5. The molecule has 27 nitrogen and oxygen atoms in total. The molecule has 2 aliphatic heterocycles. The fourth-order valence-corrected chi connectivity index (χ4v) is 22.4. The molecule has 6 unspecified atom stereocenters. The first kappa shape index (κ1) is 98.9. The van der Waals surface area contributed by atoms with Crippen LogP contribution >= 0.6 is 23.4 Å². The number of ketones is 2. The summed E-state index contributed by atoms with van der Waals surface area (Å²) in [5, 5.41) is 56.3. The number of para-hydroxylation sites is 5. The van der Waals surface area contributed by atoms with Gasteiger partial charge in [0, 0.05) is 101 Å². The highest BCUT2D eigenvalue weighted by atomic mass is 35.5. The molecule has 6 heterocycles. The number of pyridine rings is 1. The number of imidazole rings is 1. The minimum Gasteiger partial charge on any atom is -0.508 e. The number of anilines is 4. The Bertz CT molecular complexity index is 6970. The van der Waals surface area contributed by atoms with Gasteiger partial charge in [-0.2, -0.15) is 13.2 Å². The molecule has 6 aliphatic rings. The molecular formula is C105H105ClF3N11O16S2. The van der Waals surface area contributed by atoms with Gasteiger partial charge in [-0.05, 0) is 208 Å². The number of allylic oxidation sites excluding steroid dienone is 2. The van der Waals surface area contributed by atoms with E-state index in [0.717, 1.165) is 53.1 Å². The molecule has 9 atom stereocenters. The van der Waals surface area contributed by atoms with Gasteiger partial charge in [0.05, 0.1) is 60.6 Å². The number of nitro groups is 1. The summed E-state index contributed by atoms with van der Waals surface area (Å²) in [4.78, 5) is 93.5. The van der Waals surface area contributed by atoms with E-state index < -0.39 is 79.0 Å². The Hall–Kier alpha value is -13.6. The standard InChI is InChI=1S/C24H34O6.C22H24ClNO3.C22H18N4O2S.C20H15F3N2O3.C17H14N4O2S/c1-13-9-18-17-6-5-15-10-16(26)7-8-22(15,3)21(17)19(27)11-23(18,4)24(13,29)20(28)12-30-14(2)25;1-21(2)14-15-4-3-5-18(19(15)27-21)20(25)24-12-10-22(26,11-13-24)16-6-8-17(23)9-7-16;23-18-11-13-19(14-12-18)29(27,28)26-22-24-20(16-7-3-1-4-8-16)15-21(25-22)17-9-5-2-6-10-17;1-3-10-8-11-15(9-14(10)26)28-18(20(21,22)23)16(17(11)27)19-24-12-6-4-5-7-13(12)25(19)2;18-12-6-2-1-5-11(12)14-9-10-15(21(22)23)17(20-14)24-16-8-4-3-7-13(16)19/h7-8,13,15,17-19,21,27,29H,5-6,9-12H2,1-4H3;3-9,26H,10-14H2,1-2H3;1-15H,23H2,(H,24,25,26);4-9,26H,3H2,1-2H3;1-10H,18-19H2/t13-,15?,17?,18?,19-,21?,22?,23?,24+;;;;/m1..../s1. The molecule has 11 N–H and O–H groups in total. The van der Waals surface area contributed by atoms with Crippen LogP contribution in [-0.2, 0) is 60.8 Å². The number of fused-ring (bicyclic) bond motifs is 8. The number of aromatic hydroxyl groups is 1. The lowest BCUT2D eigenvalue weighted by atomic mass is 9.44. The molecule has 0 bridgehead atoms. The van der Waals surface area contributed by atoms with Crippen molar-refractivity contribution in [2.75, 3.05) is 41.6 Å². The fourth-order valence-electron chi connectivity index (χ4n) is 20.4. The van der Waals surface area contributed by atoms with Crippen molar-refractivity contribution in [3.05, 3.63) is 296 Å². The number of rotatable bonds is 16. The number of phenolic OH excluding ortho intramolecular Hbond substituents is 1. The number of benzene rings is 9. The first-order valence-electron chi connectivity index (χ1n) is 45.1. The van der Waals surface area contributed by atoms with Crippen LogP contribution in [-0.4, -0.2) is 124 Å². The van der Waals surface area contributed by atoms with E-state index >= 15 is 0 Å². The third kappa shape index (κ3) is 20.4. The molecule has 13 aromatic rings. The maximum absolute atomic E-state index is 13.7. The molecule has 9 aromatic carbocycles. The number of aromatic nitrogens is 5. The maximum Gasteiger partial charge on any atom is 0.450 e. The lowest BCUT2D eigenvalue weighted by Crippen LogP contribution is -2.63. The van der Waals surface area contributed by atoms with Crippen LogP contribution in [0, 0.1) is 50.5 Å². The number of piperidine rings is 1. The maximum atomic E-state index is 13.7. The number of aryl methyl sites for hydroxylation is 2. The zero-order valence-electron chi connectivity index (χ0n) is 76.9. The van der Waals surface area contributed by atoms with E-state index in [1.807, 2.05) is 166 Å². The van der Waals surface area contributed by atoms with E-state index in [4.69, 9.17) is 42.7 Å². The van der Waals surface area contributed by atoms with E-state index in [0.29, 0.717) is 124 Å². The normalized spacial score (nSPS) is 21.4. The average molecular weight is 1930 g/mol. The Labute approximate surface area is 804 Å². The highest BCUT2D eigenvalue weighted by Gasteiger charge is 2.71. The Balaban J connectivity index is 0.000000131. The number of likely N-dealkylation sites (tertiary alicyclic amines) is 1. The molecule has 4 aromatic heterocycles. The molecule has 19 rings (SSSR count). The number of nitrogens with zero attached hydrogens (tertiary/aromatic N) is 7. The highest BCUT2D eigenvalue weighted by molar-refractivity contribution is 7.99. The van der Waals surface area contributed by atoms with Crippen molar-refractivity contribution < 1.29 is 80.0 Å². The van der Waals surface area contributed by atoms with Gasteiger partial charge in [0.15, 0.2) is 17.4 Å². The zero-order chi connectivity index (χ0) is 98.9. The van der Waals surface area contributed by atoms with Gasteiger partial charge in [0.1, 0.15) is 39.7 Å². The summed E-state index contributed by atoms with van der Waals surface area (Å²) >= 11 is 7.11. The van der Waals surface area contributed by atoms with Crippen LogP contribution in [0.25, 0.3) is 67.2 Å². The number of nitrogen functional groups attached to an aromatic ring is 3. The third-order valence-electron chi connectivity index (χ3n) is 27.4. The molecule has 1 saturated heterocycles. The largest absolute Gasteiger partial charge is 0.508 e. The lowest BCUT2D eigenvalue weighted by molar-refractivity contribution is -0.388. The summed E-state index contributed by atoms with van der Waals surface area (Å²) in [7, 11) is -2.31. The van der Waals surface area contributed by atoms with Gasteiger partial charge in [-0.3, -0.25) is 34.1 Å². The van der Waals surface area contributed by atoms with E-state index in [9.17, 15) is 76.1 Å². The Morgan fingerprint density at radius 1 is 0.754 bits per heavy atom. The predicted octanol–water partition coefficient (Wildman–Crippen LogP) is 19.4. The summed E-state index contributed by atoms with van der Waals surface area (Å²) in [6.07, 6.45) is 3.70. The number of aliphatic hydroxyl groups is 3. The van der Waals surface area contributed by atoms with Crippen molar-refractivity contribution in [2.24, 2.45) is 47.5 Å². The number of nitrogens with two attached hydrogens (primary N) is 3. The number of esters is 1. The SMILES string of the molecule is CC(=O)OCC(=O)[C@@]1(O)[C@H](C)CC2C3CCC4CC(=O)C=CC4(C)C3[C@H](O)CC21C.CC1(C)Cc2cccc(C(=O)N3CCC(O)(c4ccc(Cl)cc4)CC3)c2O1.CCc1cc2c(=O)c(-c3nc4ccccc4n3C)c(C(F)(F)F)oc2cc1O.Nc1ccc(S(=O)(=O)Nc2nc(-c3ccccc3)cc(-c3ccccc3)n2)cc1.Nc1ccccc1Sc1nc(-c2ccccc2N)ccc1[N+](=O)[O-]. The van der Waals surface area contributed by atoms with Crippen molar-refractivity contribution in [3.8, 4) is 56.7 Å². The number of aliphatic hydroxyl groups excluding tert-OH is 1. The van der Waals surface area contributed by atoms with E-state index in [-0.39, 0.29) is 96.4 Å². The van der Waals surface area contributed by atoms with Gasteiger partial charge >= 0.3 is 17.8 Å². The number of sulfonamides is 1. The number of Topliss-reactive ketones (excluding diaryl/α,β-unsaturated/α-hetero) is 1. The van der Waals surface area contributed by atoms with Gasteiger partial charge in [-0.25, -0.2) is 33.1 Å². The topological polar surface area (TPSA) is 425 Å². The van der Waals surface area contributed by atoms with Gasteiger partial charge in [0.25, 0.3) is 15.9 Å². The summed E-state index contributed by atoms with van der Waals surface area (Å²) in [5.74, 6) is -1.72. The number of phenols is 1. The van der Waals surface area contributed by atoms with Gasteiger partial charge in [-0.15, -0.1) is 0 Å². The quantitative estimate of drug-likeness (QED) is 0.0193. The Morgan fingerprint density at radius 3 is 2.01 bits per heavy atom. The second-order valence-electron chi connectivity index (χ2n) is 36.7. The smallest absolute Gasteiger partial charge is 0.450 e. The molecule has 3 saturated carbocycles. The van der Waals surface area contributed by atoms with Crippen molar-refractivity contribution in [2.45, 2.75) is 150 Å². The number of carbonyl (C=O) groups excluding carboxylic acids is 4. The number of hydrogen-bond acceptors (Lipinski definition) is 24. The number of ether oxygens (including phenoxy) is 2. The monoisotopic (exact) mass is 1930 g/mol. The van der Waals surface area contributed by atoms with E-state index in [1.54, 1.807) is 80.7 Å². The third-order valence-corrected chi connectivity index (χ3v) is 30.1. The van der Waals surface area contributed by atoms with Crippen LogP contribution in [0.2, 0.25) is 5.02 Å². The zero-order valence-corrected chi connectivity index (χ0v) is 79.3. The van der Waals surface area contributed by atoms with Gasteiger partial charge in [0.2, 0.25) is 22.9 Å². The number of alkyl halides is 3. The first-order valence-corrected chi connectivity index (χ1v) is 47.8. The molecule has 4 aliphatic carbocycles. The van der Waals surface area contributed by atoms with Crippen LogP contribution in [0.5, 0.6) is 11.5 Å². The van der Waals surface area contributed by atoms with Gasteiger partial charge in [-0.1, -0.05) is 185 Å². The summed E-state index contributed by atoms with van der Waals surface area (Å²) < 4.78 is 86.8. The number of nitrogens with one attached hydrogen (secondary N) is 1. The van der Waals surface area contributed by atoms with Crippen molar-refractivity contribution in [1.29, 1.82) is 0 Å². The molecule has 0 radical (unpaired) electrons. The summed E-state index contributed by atoms with van der Waals surface area (Å²) in [6, 6.07) is 66.6. The number of amides is 1. The number of halogens is 4. The molecule has 1 amide bonds. The van der Waals surface area contributed by atoms with Crippen molar-refractivity contribution in [1.82, 2.24) is 29.4 Å². The second-order valence-corrected chi connectivity index (χ2v) is 39.9. The van der Waals surface area contributed by atoms with Crippen LogP contribution in [0.15, 0.2) is 267 Å². The lowest BCUT2D eigenvalue weighted by Gasteiger charge is -2.61. The van der Waals surface area contributed by atoms with E-state index in [1.165, 1.54) is 59.7 Å². The average Bonchev–Trinajstić information content (AvgIpc) is 1.50. The fraction of sp³-hybridized carbons (Fsp3) is 0.305. The summed E-state index contributed by atoms with van der Waals surface area (Å²) in [6.45, 7) is 13.6. The highest BCUT2D eigenvalue weighted by Crippen LogP contribution is 2.69. The Morgan fingerprint density at radius 2 is 1.38 bits per heavy atom. The minimum absolute atomic E-state index is 0.00188. The summed E-state index contributed by atoms with van der Waals surface area (Å²) in [5.41, 5.74) is 21.7. The second kappa shape index (κ2) is 39.8. The number of carbonyl (C=O) groups is 4. The molecule has 138 heavy (non-hydrogen) atoms. The molecule has 716 valence electrons. The van der Waals surface area contributed by atoms with Crippen LogP contribution < -0.4 is 32.1 Å². The van der Waals surface area contributed by atoms with Crippen molar-refractivity contribution >= 4 is 108 Å². The minimum atomic E-state index is -4.92. The molecule has 4 fully saturated rings. The van der Waals surface area contributed by atoms with Crippen LogP contribution in [0.1, 0.15) is 126 Å². The van der Waals surface area contributed by atoms with Crippen molar-refractivity contribution in [3.63, 3.8) is 0 Å². The molecule has 33 heteroatoms. The molecular weight excluding hydrogens is 1830 g/mol. The Kier molecular flexibility index (Phi) is 28.5. The van der Waals surface area contributed by atoms with E-state index in [2.05, 4.69) is 31.6 Å². The predicted molar refractivity (Wildman–Crippen MR) is 523 cm³/mol. The number of hydrogen-bond donors (Lipinski definition) is 8.